The molecule has 0 aromatic heterocycles. The van der Waals surface area contributed by atoms with Crippen molar-refractivity contribution in [1.29, 1.82) is 0 Å². The highest BCUT2D eigenvalue weighted by Gasteiger charge is 2.24. The van der Waals surface area contributed by atoms with Gasteiger partial charge in [0.1, 0.15) is 18.1 Å². The van der Waals surface area contributed by atoms with Gasteiger partial charge in [0.2, 0.25) is 0 Å². The minimum absolute atomic E-state index is 0.357. The van der Waals surface area contributed by atoms with Crippen LogP contribution in [0.1, 0.15) is 18.9 Å². The zero-order chi connectivity index (χ0) is 13.7. The van der Waals surface area contributed by atoms with Gasteiger partial charge in [-0.05, 0) is 43.1 Å². The van der Waals surface area contributed by atoms with Gasteiger partial charge in [-0.1, -0.05) is 12.8 Å². The summed E-state index contributed by atoms with van der Waals surface area (Å²) in [7, 11) is 1.69. The average Bonchev–Trinajstić information content (AvgIpc) is 2.46. The van der Waals surface area contributed by atoms with E-state index in [1.54, 1.807) is 7.11 Å². The molecule has 1 aromatic rings. The van der Waals surface area contributed by atoms with Crippen LogP contribution in [0.25, 0.3) is 0 Å². The number of ether oxygens (including phenoxy) is 2. The third-order valence-corrected chi connectivity index (χ3v) is 3.48. The predicted molar refractivity (Wildman–Crippen MR) is 76.7 cm³/mol. The Morgan fingerprint density at radius 3 is 3.05 bits per heavy atom. The number of benzene rings is 1. The SMILES string of the molecule is C#CCN(CCC)[C@@H]1COc2ccc(OC)cc2C1. The highest BCUT2D eigenvalue weighted by atomic mass is 16.5. The Bertz CT molecular complexity index is 464. The molecule has 19 heavy (non-hydrogen) atoms. The molecule has 0 aliphatic carbocycles. The summed E-state index contributed by atoms with van der Waals surface area (Å²) in [5, 5.41) is 0. The van der Waals surface area contributed by atoms with Crippen molar-refractivity contribution in [3.05, 3.63) is 23.8 Å². The fourth-order valence-electron chi connectivity index (χ4n) is 2.51. The number of hydrogen-bond acceptors (Lipinski definition) is 3. The first-order valence-corrected chi connectivity index (χ1v) is 6.75. The summed E-state index contributed by atoms with van der Waals surface area (Å²) in [6.07, 6.45) is 7.52. The van der Waals surface area contributed by atoms with Crippen LogP contribution < -0.4 is 9.47 Å². The first-order valence-electron chi connectivity index (χ1n) is 6.75. The van der Waals surface area contributed by atoms with Crippen molar-refractivity contribution in [1.82, 2.24) is 4.90 Å². The van der Waals surface area contributed by atoms with Crippen molar-refractivity contribution in [2.75, 3.05) is 26.8 Å². The molecule has 0 N–H and O–H groups in total. The highest BCUT2D eigenvalue weighted by molar-refractivity contribution is 5.42. The van der Waals surface area contributed by atoms with Crippen molar-refractivity contribution in [2.24, 2.45) is 0 Å². The monoisotopic (exact) mass is 259 g/mol. The van der Waals surface area contributed by atoms with Crippen LogP contribution in [0.15, 0.2) is 18.2 Å². The van der Waals surface area contributed by atoms with E-state index in [-0.39, 0.29) is 0 Å². The third kappa shape index (κ3) is 3.21. The summed E-state index contributed by atoms with van der Waals surface area (Å²) in [6, 6.07) is 6.33. The van der Waals surface area contributed by atoms with E-state index in [2.05, 4.69) is 23.8 Å². The van der Waals surface area contributed by atoms with Crippen molar-refractivity contribution >= 4 is 0 Å². The molecule has 0 fully saturated rings. The molecule has 102 valence electrons. The Hall–Kier alpha value is -1.66. The summed E-state index contributed by atoms with van der Waals surface area (Å²) in [4.78, 5) is 2.32. The molecule has 1 heterocycles. The Kier molecular flexibility index (Phi) is 4.70. The summed E-state index contributed by atoms with van der Waals surface area (Å²) in [5.74, 6) is 4.59. The minimum atomic E-state index is 0.357. The van der Waals surface area contributed by atoms with Crippen molar-refractivity contribution < 1.29 is 9.47 Å². The van der Waals surface area contributed by atoms with E-state index in [4.69, 9.17) is 15.9 Å². The van der Waals surface area contributed by atoms with Crippen molar-refractivity contribution in [2.45, 2.75) is 25.8 Å². The number of methoxy groups -OCH3 is 1. The molecule has 1 aromatic carbocycles. The van der Waals surface area contributed by atoms with E-state index in [0.717, 1.165) is 30.9 Å². The third-order valence-electron chi connectivity index (χ3n) is 3.48. The van der Waals surface area contributed by atoms with E-state index < -0.39 is 0 Å². The van der Waals surface area contributed by atoms with E-state index in [9.17, 15) is 0 Å². The van der Waals surface area contributed by atoms with Gasteiger partial charge in [-0.2, -0.15) is 0 Å². The van der Waals surface area contributed by atoms with Crippen molar-refractivity contribution in [3.8, 4) is 23.8 Å². The zero-order valence-corrected chi connectivity index (χ0v) is 11.7. The fraction of sp³-hybridized carbons (Fsp3) is 0.500. The molecule has 1 atom stereocenters. The minimum Gasteiger partial charge on any atom is -0.497 e. The Morgan fingerprint density at radius 2 is 2.37 bits per heavy atom. The maximum absolute atomic E-state index is 5.84. The van der Waals surface area contributed by atoms with Crippen LogP contribution in [0.2, 0.25) is 0 Å². The molecule has 3 nitrogen and oxygen atoms in total. The lowest BCUT2D eigenvalue weighted by Gasteiger charge is -2.33. The lowest BCUT2D eigenvalue weighted by molar-refractivity contribution is 0.131. The van der Waals surface area contributed by atoms with Crippen LogP contribution in [0.4, 0.5) is 0 Å². The molecule has 1 aliphatic heterocycles. The first kappa shape index (κ1) is 13.8. The zero-order valence-electron chi connectivity index (χ0n) is 11.7. The second kappa shape index (κ2) is 6.49. The van der Waals surface area contributed by atoms with E-state index in [0.29, 0.717) is 19.2 Å². The molecule has 0 bridgehead atoms. The smallest absolute Gasteiger partial charge is 0.122 e. The maximum atomic E-state index is 5.84. The van der Waals surface area contributed by atoms with E-state index >= 15 is 0 Å². The molecule has 0 radical (unpaired) electrons. The lowest BCUT2D eigenvalue weighted by Crippen LogP contribution is -2.43. The Morgan fingerprint density at radius 1 is 1.53 bits per heavy atom. The Balaban J connectivity index is 2.13. The van der Waals surface area contributed by atoms with Crippen LogP contribution in [-0.4, -0.2) is 37.7 Å². The number of fused-ring (bicyclic) bond motifs is 1. The number of terminal acetylenes is 1. The van der Waals surface area contributed by atoms with Gasteiger partial charge in [0.05, 0.1) is 13.7 Å². The quantitative estimate of drug-likeness (QED) is 0.758. The van der Waals surface area contributed by atoms with Crippen molar-refractivity contribution in [3.63, 3.8) is 0 Å². The van der Waals surface area contributed by atoms with Crippen LogP contribution in [0, 0.1) is 12.3 Å². The van der Waals surface area contributed by atoms with Gasteiger partial charge >= 0.3 is 0 Å². The van der Waals surface area contributed by atoms with Gasteiger partial charge in [-0.3, -0.25) is 4.90 Å². The second-order valence-corrected chi connectivity index (χ2v) is 4.82. The molecular weight excluding hydrogens is 238 g/mol. The molecule has 0 unspecified atom stereocenters. The molecule has 0 saturated heterocycles. The van der Waals surface area contributed by atoms with Gasteiger partial charge in [-0.15, -0.1) is 6.42 Å². The summed E-state index contributed by atoms with van der Waals surface area (Å²) < 4.78 is 11.1. The second-order valence-electron chi connectivity index (χ2n) is 4.82. The normalized spacial score (nSPS) is 17.5. The highest BCUT2D eigenvalue weighted by Crippen LogP contribution is 2.30. The summed E-state index contributed by atoms with van der Waals surface area (Å²) in [5.41, 5.74) is 1.20. The molecule has 0 spiro atoms. The molecule has 0 amide bonds. The largest absolute Gasteiger partial charge is 0.497 e. The van der Waals surface area contributed by atoms with E-state index in [1.165, 1.54) is 5.56 Å². The van der Waals surface area contributed by atoms with Gasteiger partial charge in [0.25, 0.3) is 0 Å². The van der Waals surface area contributed by atoms with Gasteiger partial charge in [0, 0.05) is 6.04 Å². The van der Waals surface area contributed by atoms with Gasteiger partial charge in [0.15, 0.2) is 0 Å². The molecule has 2 rings (SSSR count). The lowest BCUT2D eigenvalue weighted by atomic mass is 10.0. The van der Waals surface area contributed by atoms with E-state index in [1.807, 2.05) is 12.1 Å². The van der Waals surface area contributed by atoms with Crippen LogP contribution in [0.5, 0.6) is 11.5 Å². The van der Waals surface area contributed by atoms with Gasteiger partial charge < -0.3 is 9.47 Å². The maximum Gasteiger partial charge on any atom is 0.122 e. The molecule has 1 aliphatic rings. The molecular formula is C16H21NO2. The topological polar surface area (TPSA) is 21.7 Å². The number of hydrogen-bond donors (Lipinski definition) is 0. The number of nitrogens with zero attached hydrogens (tertiary/aromatic N) is 1. The standard InChI is InChI=1S/C16H21NO2/c1-4-8-17(9-5-2)14-10-13-11-15(18-3)6-7-16(13)19-12-14/h1,6-7,11,14H,5,8-10,12H2,2-3H3/t14-/m0/s1. The van der Waals surface area contributed by atoms with Crippen LogP contribution in [-0.2, 0) is 6.42 Å². The van der Waals surface area contributed by atoms with Crippen LogP contribution in [0.3, 0.4) is 0 Å². The summed E-state index contributed by atoms with van der Waals surface area (Å²) >= 11 is 0. The Labute approximate surface area is 115 Å². The fourth-order valence-corrected chi connectivity index (χ4v) is 2.51. The predicted octanol–water partition coefficient (Wildman–Crippen LogP) is 2.34. The number of rotatable bonds is 5. The average molecular weight is 259 g/mol. The first-order chi connectivity index (χ1) is 9.28. The van der Waals surface area contributed by atoms with Crippen LogP contribution >= 0.6 is 0 Å². The molecule has 0 saturated carbocycles. The summed E-state index contributed by atoms with van der Waals surface area (Å²) in [6.45, 7) is 4.57. The molecule has 3 heteroatoms. The van der Waals surface area contributed by atoms with Gasteiger partial charge in [-0.25, -0.2) is 0 Å².